The van der Waals surface area contributed by atoms with Crippen LogP contribution in [0.2, 0.25) is 0 Å². The summed E-state index contributed by atoms with van der Waals surface area (Å²) < 4.78 is 0. The standard InChI is InChI=1S/C6H13N3O/c1-3-5-7-6(4(2)10)9-8-5/h5-9H,3H2,1-2H3/t5-,6?/m1/s1. The van der Waals surface area contributed by atoms with Crippen LogP contribution in [-0.4, -0.2) is 18.1 Å². The molecule has 0 bridgehead atoms. The van der Waals surface area contributed by atoms with Crippen LogP contribution in [0.1, 0.15) is 20.3 Å². The second-order valence-corrected chi connectivity index (χ2v) is 2.46. The van der Waals surface area contributed by atoms with Crippen LogP contribution in [0.4, 0.5) is 0 Å². The lowest BCUT2D eigenvalue weighted by molar-refractivity contribution is -0.119. The van der Waals surface area contributed by atoms with E-state index in [0.29, 0.717) is 0 Å². The third-order valence-corrected chi connectivity index (χ3v) is 1.58. The third kappa shape index (κ3) is 1.53. The molecule has 0 aromatic carbocycles. The Morgan fingerprint density at radius 2 is 2.20 bits per heavy atom. The Labute approximate surface area is 60.3 Å². The van der Waals surface area contributed by atoms with E-state index in [1.165, 1.54) is 0 Å². The number of hydrogen-bond acceptors (Lipinski definition) is 4. The summed E-state index contributed by atoms with van der Waals surface area (Å²) in [6, 6.07) is 0. The van der Waals surface area contributed by atoms with Gasteiger partial charge in [-0.1, -0.05) is 6.92 Å². The fourth-order valence-corrected chi connectivity index (χ4v) is 0.907. The minimum Gasteiger partial charge on any atom is -0.297 e. The van der Waals surface area contributed by atoms with Crippen LogP contribution in [-0.2, 0) is 4.79 Å². The van der Waals surface area contributed by atoms with E-state index in [1.807, 2.05) is 0 Å². The highest BCUT2D eigenvalue weighted by molar-refractivity contribution is 5.81. The molecule has 0 spiro atoms. The van der Waals surface area contributed by atoms with Gasteiger partial charge in [-0.15, -0.1) is 0 Å². The average molecular weight is 143 g/mol. The molecule has 0 aromatic rings. The Hall–Kier alpha value is -0.450. The van der Waals surface area contributed by atoms with E-state index >= 15 is 0 Å². The average Bonchev–Trinajstić information content (AvgIpc) is 2.34. The normalized spacial score (nSPS) is 32.6. The maximum Gasteiger partial charge on any atom is 0.162 e. The van der Waals surface area contributed by atoms with Crippen LogP contribution >= 0.6 is 0 Å². The van der Waals surface area contributed by atoms with Gasteiger partial charge in [0.05, 0.1) is 6.17 Å². The largest absolute Gasteiger partial charge is 0.297 e. The monoisotopic (exact) mass is 143 g/mol. The molecule has 0 amide bonds. The number of ketones is 1. The fourth-order valence-electron chi connectivity index (χ4n) is 0.907. The Morgan fingerprint density at radius 3 is 2.50 bits per heavy atom. The summed E-state index contributed by atoms with van der Waals surface area (Å²) in [6.07, 6.45) is 0.996. The molecule has 1 rings (SSSR count). The highest BCUT2D eigenvalue weighted by Crippen LogP contribution is 1.93. The highest BCUT2D eigenvalue weighted by Gasteiger charge is 2.23. The molecule has 1 aliphatic heterocycles. The van der Waals surface area contributed by atoms with Crippen molar-refractivity contribution < 1.29 is 4.79 Å². The van der Waals surface area contributed by atoms with Gasteiger partial charge in [-0.2, -0.15) is 0 Å². The van der Waals surface area contributed by atoms with Crippen LogP contribution in [0.25, 0.3) is 0 Å². The van der Waals surface area contributed by atoms with Crippen molar-refractivity contribution in [3.05, 3.63) is 0 Å². The maximum atomic E-state index is 10.7. The summed E-state index contributed by atoms with van der Waals surface area (Å²) >= 11 is 0. The molecule has 2 atom stereocenters. The lowest BCUT2D eigenvalue weighted by Crippen LogP contribution is -2.39. The lowest BCUT2D eigenvalue weighted by atomic mass is 10.3. The van der Waals surface area contributed by atoms with Gasteiger partial charge < -0.3 is 0 Å². The highest BCUT2D eigenvalue weighted by atomic mass is 16.1. The summed E-state index contributed by atoms with van der Waals surface area (Å²) in [4.78, 5) is 10.7. The molecule has 10 heavy (non-hydrogen) atoms. The van der Waals surface area contributed by atoms with Crippen molar-refractivity contribution in [1.29, 1.82) is 0 Å². The van der Waals surface area contributed by atoms with Crippen LogP contribution in [0.15, 0.2) is 0 Å². The van der Waals surface area contributed by atoms with E-state index in [9.17, 15) is 4.79 Å². The van der Waals surface area contributed by atoms with E-state index in [4.69, 9.17) is 0 Å². The van der Waals surface area contributed by atoms with E-state index in [2.05, 4.69) is 23.1 Å². The van der Waals surface area contributed by atoms with Crippen molar-refractivity contribution in [3.63, 3.8) is 0 Å². The van der Waals surface area contributed by atoms with Gasteiger partial charge in [0.2, 0.25) is 0 Å². The molecule has 0 aromatic heterocycles. The predicted octanol–water partition coefficient (Wildman–Crippen LogP) is -0.665. The number of rotatable bonds is 2. The molecular formula is C6H13N3O. The molecule has 0 aliphatic carbocycles. The summed E-state index contributed by atoms with van der Waals surface area (Å²) in [7, 11) is 0. The van der Waals surface area contributed by atoms with E-state index in [-0.39, 0.29) is 18.1 Å². The minimum absolute atomic E-state index is 0.114. The first-order valence-corrected chi connectivity index (χ1v) is 3.51. The molecule has 1 saturated heterocycles. The van der Waals surface area contributed by atoms with Crippen molar-refractivity contribution in [2.24, 2.45) is 0 Å². The lowest BCUT2D eigenvalue weighted by Gasteiger charge is -2.05. The topological polar surface area (TPSA) is 53.2 Å². The molecule has 4 nitrogen and oxygen atoms in total. The smallest absolute Gasteiger partial charge is 0.162 e. The van der Waals surface area contributed by atoms with Crippen LogP contribution in [0, 0.1) is 0 Å². The Bertz CT molecular complexity index is 137. The summed E-state index contributed by atoms with van der Waals surface area (Å²) in [5, 5.41) is 3.07. The SMILES string of the molecule is CC[C@H]1NNC(C(C)=O)N1. The zero-order valence-electron chi connectivity index (χ0n) is 6.27. The predicted molar refractivity (Wildman–Crippen MR) is 38.0 cm³/mol. The van der Waals surface area contributed by atoms with E-state index in [0.717, 1.165) is 6.42 Å². The molecule has 58 valence electrons. The molecular weight excluding hydrogens is 130 g/mol. The van der Waals surface area contributed by atoms with E-state index in [1.54, 1.807) is 6.92 Å². The Balaban J connectivity index is 2.35. The zero-order chi connectivity index (χ0) is 7.56. The molecule has 1 fully saturated rings. The second-order valence-electron chi connectivity index (χ2n) is 2.46. The van der Waals surface area contributed by atoms with Crippen molar-refractivity contribution in [2.75, 3.05) is 0 Å². The van der Waals surface area contributed by atoms with Crippen molar-refractivity contribution in [2.45, 2.75) is 32.6 Å². The van der Waals surface area contributed by atoms with Crippen molar-refractivity contribution in [1.82, 2.24) is 16.2 Å². The first-order valence-electron chi connectivity index (χ1n) is 3.51. The van der Waals surface area contributed by atoms with Gasteiger partial charge in [-0.3, -0.25) is 10.1 Å². The molecule has 0 radical (unpaired) electrons. The summed E-state index contributed by atoms with van der Waals surface area (Å²) in [5.74, 6) is 0.114. The Kier molecular flexibility index (Phi) is 2.37. The number of nitrogens with one attached hydrogen (secondary N) is 3. The molecule has 3 N–H and O–H groups in total. The van der Waals surface area contributed by atoms with Gasteiger partial charge in [-0.25, -0.2) is 10.9 Å². The quantitative estimate of drug-likeness (QED) is 0.480. The number of carbonyl (C=O) groups excluding carboxylic acids is 1. The molecule has 0 saturated carbocycles. The first-order chi connectivity index (χ1) is 4.74. The summed E-state index contributed by atoms with van der Waals surface area (Å²) in [5.41, 5.74) is 5.80. The van der Waals surface area contributed by atoms with Gasteiger partial charge in [-0.05, 0) is 13.3 Å². The van der Waals surface area contributed by atoms with Crippen molar-refractivity contribution >= 4 is 5.78 Å². The fraction of sp³-hybridized carbons (Fsp3) is 0.833. The van der Waals surface area contributed by atoms with Crippen molar-refractivity contribution in [3.8, 4) is 0 Å². The Morgan fingerprint density at radius 1 is 1.50 bits per heavy atom. The van der Waals surface area contributed by atoms with Crippen LogP contribution < -0.4 is 16.2 Å². The van der Waals surface area contributed by atoms with Gasteiger partial charge in [0, 0.05) is 0 Å². The van der Waals surface area contributed by atoms with Crippen LogP contribution in [0.5, 0.6) is 0 Å². The van der Waals surface area contributed by atoms with Gasteiger partial charge in [0.15, 0.2) is 5.78 Å². The summed E-state index contributed by atoms with van der Waals surface area (Å²) in [6.45, 7) is 3.61. The first kappa shape index (κ1) is 7.65. The minimum atomic E-state index is -0.204. The third-order valence-electron chi connectivity index (χ3n) is 1.58. The molecule has 1 heterocycles. The van der Waals surface area contributed by atoms with Crippen LogP contribution in [0.3, 0.4) is 0 Å². The number of hydrazine groups is 1. The molecule has 1 unspecified atom stereocenters. The number of carbonyl (C=O) groups is 1. The van der Waals surface area contributed by atoms with Gasteiger partial charge >= 0.3 is 0 Å². The maximum absolute atomic E-state index is 10.7. The molecule has 1 aliphatic rings. The van der Waals surface area contributed by atoms with E-state index < -0.39 is 0 Å². The molecule has 4 heteroatoms. The van der Waals surface area contributed by atoms with Gasteiger partial charge in [0.25, 0.3) is 0 Å². The van der Waals surface area contributed by atoms with Gasteiger partial charge in [0.1, 0.15) is 6.17 Å². The second kappa shape index (κ2) is 3.09. The zero-order valence-corrected chi connectivity index (χ0v) is 6.27. The number of Topliss-reactive ketones (excluding diaryl/α,β-unsaturated/α-hetero) is 1. The number of hydrogen-bond donors (Lipinski definition) is 3.